The van der Waals surface area contributed by atoms with Crippen LogP contribution in [0.25, 0.3) is 0 Å². The molecule has 0 aliphatic carbocycles. The van der Waals surface area contributed by atoms with Crippen molar-refractivity contribution in [2.75, 3.05) is 11.9 Å². The molecule has 3 rings (SSSR count). The lowest BCUT2D eigenvalue weighted by Crippen LogP contribution is -2.15. The SMILES string of the molecule is CCOC(=O)c1nnsc1NC(=O)c1ccc(Cn2cncn2)cc1. The zero-order valence-corrected chi connectivity index (χ0v) is 14.1. The number of nitrogens with zero attached hydrogens (tertiary/aromatic N) is 5. The van der Waals surface area contributed by atoms with E-state index in [0.29, 0.717) is 12.1 Å². The van der Waals surface area contributed by atoms with Crippen molar-refractivity contribution in [3.05, 3.63) is 53.7 Å². The van der Waals surface area contributed by atoms with Crippen LogP contribution in [0, 0.1) is 0 Å². The summed E-state index contributed by atoms with van der Waals surface area (Å²) in [6, 6.07) is 7.04. The van der Waals surface area contributed by atoms with E-state index in [2.05, 4.69) is 25.0 Å². The molecule has 0 fully saturated rings. The number of aromatic nitrogens is 5. The second kappa shape index (κ2) is 7.62. The van der Waals surface area contributed by atoms with Crippen LogP contribution >= 0.6 is 11.5 Å². The highest BCUT2D eigenvalue weighted by atomic mass is 32.1. The van der Waals surface area contributed by atoms with Gasteiger partial charge in [0.25, 0.3) is 5.91 Å². The van der Waals surface area contributed by atoms with Crippen LogP contribution in [0.2, 0.25) is 0 Å². The Bertz CT molecular complexity index is 860. The minimum atomic E-state index is -0.616. The molecule has 0 radical (unpaired) electrons. The lowest BCUT2D eigenvalue weighted by atomic mass is 10.1. The first-order valence-electron chi connectivity index (χ1n) is 7.39. The van der Waals surface area contributed by atoms with E-state index >= 15 is 0 Å². The van der Waals surface area contributed by atoms with E-state index in [4.69, 9.17) is 4.74 Å². The normalized spacial score (nSPS) is 10.4. The minimum Gasteiger partial charge on any atom is -0.461 e. The molecule has 10 heteroatoms. The van der Waals surface area contributed by atoms with Crippen molar-refractivity contribution in [1.82, 2.24) is 24.4 Å². The zero-order chi connectivity index (χ0) is 17.6. The van der Waals surface area contributed by atoms with Crippen molar-refractivity contribution in [3.8, 4) is 0 Å². The maximum Gasteiger partial charge on any atom is 0.362 e. The maximum atomic E-state index is 12.3. The van der Waals surface area contributed by atoms with E-state index in [-0.39, 0.29) is 23.2 Å². The fourth-order valence-electron chi connectivity index (χ4n) is 2.04. The molecule has 0 spiro atoms. The molecule has 1 aromatic carbocycles. The fraction of sp³-hybridized carbons (Fsp3) is 0.200. The fourth-order valence-corrected chi connectivity index (χ4v) is 2.60. The third-order valence-electron chi connectivity index (χ3n) is 3.21. The lowest BCUT2D eigenvalue weighted by molar-refractivity contribution is 0.0520. The van der Waals surface area contributed by atoms with E-state index < -0.39 is 5.97 Å². The molecule has 9 nitrogen and oxygen atoms in total. The largest absolute Gasteiger partial charge is 0.461 e. The smallest absolute Gasteiger partial charge is 0.362 e. The van der Waals surface area contributed by atoms with Gasteiger partial charge in [0.15, 0.2) is 5.00 Å². The highest BCUT2D eigenvalue weighted by Crippen LogP contribution is 2.20. The van der Waals surface area contributed by atoms with Gasteiger partial charge in [0, 0.05) is 17.1 Å². The van der Waals surface area contributed by atoms with E-state index in [1.54, 1.807) is 30.1 Å². The van der Waals surface area contributed by atoms with Gasteiger partial charge >= 0.3 is 5.97 Å². The van der Waals surface area contributed by atoms with Crippen molar-refractivity contribution in [1.29, 1.82) is 0 Å². The molecule has 0 aliphatic heterocycles. The van der Waals surface area contributed by atoms with Gasteiger partial charge in [-0.25, -0.2) is 14.5 Å². The monoisotopic (exact) mass is 358 g/mol. The number of hydrogen-bond donors (Lipinski definition) is 1. The standard InChI is InChI=1S/C15H14N6O3S/c1-2-24-15(23)12-14(25-20-19-12)18-13(22)11-5-3-10(4-6-11)7-21-9-16-8-17-21/h3-6,8-9H,2,7H2,1H3,(H,18,22). The molecule has 1 N–H and O–H groups in total. The van der Waals surface area contributed by atoms with Gasteiger partial charge in [0.1, 0.15) is 12.7 Å². The predicted octanol–water partition coefficient (Wildman–Crippen LogP) is 1.61. The van der Waals surface area contributed by atoms with Crippen LogP contribution in [0.3, 0.4) is 0 Å². The Hall–Kier alpha value is -3.14. The van der Waals surface area contributed by atoms with Crippen LogP contribution in [0.4, 0.5) is 5.00 Å². The molecule has 3 aromatic rings. The number of anilines is 1. The molecule has 0 bridgehead atoms. The topological polar surface area (TPSA) is 112 Å². The number of carbonyl (C=O) groups excluding carboxylic acids is 2. The van der Waals surface area contributed by atoms with E-state index in [1.165, 1.54) is 6.33 Å². The highest BCUT2D eigenvalue weighted by molar-refractivity contribution is 7.10. The predicted molar refractivity (Wildman–Crippen MR) is 89.4 cm³/mol. The third-order valence-corrected chi connectivity index (χ3v) is 3.85. The van der Waals surface area contributed by atoms with Crippen molar-refractivity contribution >= 4 is 28.4 Å². The first-order chi connectivity index (χ1) is 12.2. The Morgan fingerprint density at radius 2 is 2.08 bits per heavy atom. The molecule has 0 saturated heterocycles. The van der Waals surface area contributed by atoms with E-state index in [1.807, 2.05) is 12.1 Å². The van der Waals surface area contributed by atoms with Crippen molar-refractivity contribution in [2.24, 2.45) is 0 Å². The minimum absolute atomic E-state index is 0.00278. The van der Waals surface area contributed by atoms with Gasteiger partial charge in [-0.05, 0) is 24.6 Å². The molecule has 25 heavy (non-hydrogen) atoms. The molecule has 1 amide bonds. The number of nitrogens with one attached hydrogen (secondary N) is 1. The number of benzene rings is 1. The number of esters is 1. The Kier molecular flexibility index (Phi) is 5.09. The van der Waals surface area contributed by atoms with Gasteiger partial charge in [0.2, 0.25) is 5.69 Å². The Labute approximate surface area is 146 Å². The summed E-state index contributed by atoms with van der Waals surface area (Å²) in [5.41, 5.74) is 1.43. The van der Waals surface area contributed by atoms with Gasteiger partial charge in [-0.3, -0.25) is 4.79 Å². The van der Waals surface area contributed by atoms with Crippen molar-refractivity contribution in [3.63, 3.8) is 0 Å². The molecular weight excluding hydrogens is 344 g/mol. The number of amides is 1. The molecule has 0 aliphatic rings. The summed E-state index contributed by atoms with van der Waals surface area (Å²) in [5.74, 6) is -0.973. The van der Waals surface area contributed by atoms with E-state index in [0.717, 1.165) is 17.1 Å². The zero-order valence-electron chi connectivity index (χ0n) is 13.2. The highest BCUT2D eigenvalue weighted by Gasteiger charge is 2.20. The summed E-state index contributed by atoms with van der Waals surface area (Å²) in [4.78, 5) is 28.0. The average molecular weight is 358 g/mol. The first kappa shape index (κ1) is 16.7. The number of ether oxygens (including phenoxy) is 1. The van der Waals surface area contributed by atoms with E-state index in [9.17, 15) is 9.59 Å². The Balaban J connectivity index is 1.67. The van der Waals surface area contributed by atoms with Crippen LogP contribution in [0.1, 0.15) is 33.3 Å². The number of hydrogen-bond acceptors (Lipinski definition) is 8. The Morgan fingerprint density at radius 1 is 1.28 bits per heavy atom. The molecular formula is C15H14N6O3S. The van der Waals surface area contributed by atoms with Gasteiger partial charge in [-0.15, -0.1) is 5.10 Å². The maximum absolute atomic E-state index is 12.3. The Morgan fingerprint density at radius 3 is 2.76 bits per heavy atom. The molecule has 0 saturated carbocycles. The second-order valence-electron chi connectivity index (χ2n) is 4.92. The van der Waals surface area contributed by atoms with Gasteiger partial charge in [-0.2, -0.15) is 5.10 Å². The summed E-state index contributed by atoms with van der Waals surface area (Å²) in [5, 5.41) is 10.6. The van der Waals surface area contributed by atoms with Gasteiger partial charge < -0.3 is 10.1 Å². The van der Waals surface area contributed by atoms with Crippen molar-refractivity contribution < 1.29 is 14.3 Å². The van der Waals surface area contributed by atoms with Crippen molar-refractivity contribution in [2.45, 2.75) is 13.5 Å². The number of rotatable bonds is 6. The summed E-state index contributed by atoms with van der Waals surface area (Å²) in [6.07, 6.45) is 3.08. The van der Waals surface area contributed by atoms with Crippen LogP contribution in [-0.2, 0) is 11.3 Å². The van der Waals surface area contributed by atoms with Crippen LogP contribution < -0.4 is 5.32 Å². The van der Waals surface area contributed by atoms with Crippen LogP contribution in [0.15, 0.2) is 36.9 Å². The summed E-state index contributed by atoms with van der Waals surface area (Å²) >= 11 is 0.920. The summed E-state index contributed by atoms with van der Waals surface area (Å²) in [7, 11) is 0. The van der Waals surface area contributed by atoms with Gasteiger partial charge in [-0.1, -0.05) is 16.6 Å². The molecule has 128 valence electrons. The van der Waals surface area contributed by atoms with Gasteiger partial charge in [0.05, 0.1) is 13.2 Å². The second-order valence-corrected chi connectivity index (χ2v) is 5.67. The summed E-state index contributed by atoms with van der Waals surface area (Å²) in [6.45, 7) is 2.47. The molecule has 0 unspecified atom stereocenters. The van der Waals surface area contributed by atoms with Crippen LogP contribution in [-0.4, -0.2) is 42.8 Å². The number of carbonyl (C=O) groups is 2. The quantitative estimate of drug-likeness (QED) is 0.666. The average Bonchev–Trinajstić information content (AvgIpc) is 3.27. The lowest BCUT2D eigenvalue weighted by Gasteiger charge is -2.06. The summed E-state index contributed by atoms with van der Waals surface area (Å²) < 4.78 is 10.3. The molecule has 2 heterocycles. The third kappa shape index (κ3) is 4.04. The molecule has 0 atom stereocenters. The van der Waals surface area contributed by atoms with Crippen LogP contribution in [0.5, 0.6) is 0 Å². The first-order valence-corrected chi connectivity index (χ1v) is 8.17. The molecule has 2 aromatic heterocycles.